The summed E-state index contributed by atoms with van der Waals surface area (Å²) in [6.45, 7) is 1.96. The number of nitrogens with zero attached hydrogens (tertiary/aromatic N) is 2. The number of benzene rings is 2. The first kappa shape index (κ1) is 27.3. The SMILES string of the molecule is COc1ccc2ncc(CF)c(CCCC3(CO)CCN(CCCc4cc(F)c(F)c(F)c4)CC3)c2c1. The highest BCUT2D eigenvalue weighted by atomic mass is 19.2. The topological polar surface area (TPSA) is 45.6 Å². The van der Waals surface area contributed by atoms with Gasteiger partial charge in [-0.05, 0) is 111 Å². The number of aryl methyl sites for hydroxylation is 2. The molecule has 0 radical (unpaired) electrons. The van der Waals surface area contributed by atoms with Gasteiger partial charge in [-0.1, -0.05) is 0 Å². The first-order valence-electron chi connectivity index (χ1n) is 12.8. The highest BCUT2D eigenvalue weighted by Crippen LogP contribution is 2.37. The smallest absolute Gasteiger partial charge is 0.194 e. The summed E-state index contributed by atoms with van der Waals surface area (Å²) in [5, 5.41) is 11.2. The van der Waals surface area contributed by atoms with Crippen LogP contribution in [0.15, 0.2) is 36.5 Å². The van der Waals surface area contributed by atoms with Crippen molar-refractivity contribution in [1.29, 1.82) is 0 Å². The maximum atomic E-state index is 13.8. The van der Waals surface area contributed by atoms with Gasteiger partial charge in [0.05, 0.1) is 12.6 Å². The third kappa shape index (κ3) is 6.41. The van der Waals surface area contributed by atoms with Crippen molar-refractivity contribution < 1.29 is 27.4 Å². The van der Waals surface area contributed by atoms with Crippen LogP contribution in [0.5, 0.6) is 5.75 Å². The van der Waals surface area contributed by atoms with Gasteiger partial charge in [0.25, 0.3) is 0 Å². The van der Waals surface area contributed by atoms with E-state index in [2.05, 4.69) is 9.88 Å². The van der Waals surface area contributed by atoms with Crippen molar-refractivity contribution in [2.45, 2.75) is 51.6 Å². The summed E-state index contributed by atoms with van der Waals surface area (Å²) in [5.41, 5.74) is 2.63. The van der Waals surface area contributed by atoms with Crippen molar-refractivity contribution >= 4 is 10.9 Å². The second-order valence-corrected chi connectivity index (χ2v) is 10.1. The number of alkyl halides is 1. The first-order chi connectivity index (χ1) is 17.9. The van der Waals surface area contributed by atoms with Crippen molar-refractivity contribution in [2.24, 2.45) is 5.41 Å². The van der Waals surface area contributed by atoms with Crippen LogP contribution in [-0.2, 0) is 19.5 Å². The monoisotopic (exact) mass is 518 g/mol. The molecule has 1 fully saturated rings. The lowest BCUT2D eigenvalue weighted by atomic mass is 9.75. The molecule has 1 N–H and O–H groups in total. The third-order valence-corrected chi connectivity index (χ3v) is 7.79. The molecular formula is C29H34F4N2O2. The van der Waals surface area contributed by atoms with Crippen LogP contribution in [0.4, 0.5) is 17.6 Å². The lowest BCUT2D eigenvalue weighted by molar-refractivity contribution is 0.0353. The van der Waals surface area contributed by atoms with E-state index in [0.717, 1.165) is 73.9 Å². The number of piperidine rings is 1. The number of methoxy groups -OCH3 is 1. The fraction of sp³-hybridized carbons (Fsp3) is 0.483. The van der Waals surface area contributed by atoms with Gasteiger partial charge in [0.15, 0.2) is 17.5 Å². The zero-order valence-corrected chi connectivity index (χ0v) is 21.2. The molecule has 8 heteroatoms. The van der Waals surface area contributed by atoms with E-state index in [0.29, 0.717) is 36.1 Å². The highest BCUT2D eigenvalue weighted by molar-refractivity contribution is 5.84. The number of hydrogen-bond acceptors (Lipinski definition) is 4. The van der Waals surface area contributed by atoms with Crippen LogP contribution in [0.1, 0.15) is 48.8 Å². The fourth-order valence-corrected chi connectivity index (χ4v) is 5.44. The molecule has 200 valence electrons. The maximum absolute atomic E-state index is 13.8. The Morgan fingerprint density at radius 1 is 1.03 bits per heavy atom. The number of aliphatic hydroxyl groups is 1. The van der Waals surface area contributed by atoms with Crippen molar-refractivity contribution in [1.82, 2.24) is 9.88 Å². The lowest BCUT2D eigenvalue weighted by Crippen LogP contribution is -2.42. The summed E-state index contributed by atoms with van der Waals surface area (Å²) in [4.78, 5) is 6.69. The van der Waals surface area contributed by atoms with E-state index in [1.54, 1.807) is 13.3 Å². The Morgan fingerprint density at radius 3 is 2.41 bits per heavy atom. The average Bonchev–Trinajstić information content (AvgIpc) is 2.92. The summed E-state index contributed by atoms with van der Waals surface area (Å²) in [6.07, 6.45) is 6.85. The number of hydrogen-bond donors (Lipinski definition) is 1. The number of aromatic nitrogens is 1. The summed E-state index contributed by atoms with van der Waals surface area (Å²) < 4.78 is 59.1. The summed E-state index contributed by atoms with van der Waals surface area (Å²) >= 11 is 0. The molecule has 2 aromatic carbocycles. The molecule has 1 aliphatic heterocycles. The number of likely N-dealkylation sites (tertiary alicyclic amines) is 1. The molecule has 4 nitrogen and oxygen atoms in total. The van der Waals surface area contributed by atoms with Crippen molar-refractivity contribution in [3.05, 3.63) is 70.7 Å². The molecule has 0 saturated carbocycles. The molecule has 0 unspecified atom stereocenters. The minimum absolute atomic E-state index is 0.107. The normalized spacial score (nSPS) is 15.8. The Kier molecular flexibility index (Phi) is 9.03. The zero-order chi connectivity index (χ0) is 26.4. The lowest BCUT2D eigenvalue weighted by Gasteiger charge is -2.41. The number of aliphatic hydroxyl groups excluding tert-OH is 1. The minimum atomic E-state index is -1.43. The van der Waals surface area contributed by atoms with Gasteiger partial charge in [-0.15, -0.1) is 0 Å². The number of ether oxygens (including phenoxy) is 1. The minimum Gasteiger partial charge on any atom is -0.497 e. The molecule has 2 heterocycles. The predicted octanol–water partition coefficient (Wildman–Crippen LogP) is 6.16. The van der Waals surface area contributed by atoms with Crippen LogP contribution in [0.2, 0.25) is 0 Å². The molecule has 1 aromatic heterocycles. The molecule has 0 atom stereocenters. The van der Waals surface area contributed by atoms with Crippen molar-refractivity contribution in [3.8, 4) is 5.75 Å². The zero-order valence-electron chi connectivity index (χ0n) is 21.2. The molecule has 0 bridgehead atoms. The Morgan fingerprint density at radius 2 is 1.76 bits per heavy atom. The molecule has 0 spiro atoms. The van der Waals surface area contributed by atoms with E-state index in [9.17, 15) is 22.7 Å². The predicted molar refractivity (Wildman–Crippen MR) is 136 cm³/mol. The quantitative estimate of drug-likeness (QED) is 0.244. The molecule has 3 aromatic rings. The van der Waals surface area contributed by atoms with E-state index >= 15 is 0 Å². The highest BCUT2D eigenvalue weighted by Gasteiger charge is 2.33. The van der Waals surface area contributed by atoms with Gasteiger partial charge < -0.3 is 14.7 Å². The molecule has 1 saturated heterocycles. The number of pyridine rings is 1. The molecular weight excluding hydrogens is 484 g/mol. The molecule has 0 aliphatic carbocycles. The summed E-state index contributed by atoms with van der Waals surface area (Å²) in [5.74, 6) is -3.03. The van der Waals surface area contributed by atoms with Gasteiger partial charge in [0, 0.05) is 23.8 Å². The second-order valence-electron chi connectivity index (χ2n) is 10.1. The average molecular weight is 519 g/mol. The summed E-state index contributed by atoms with van der Waals surface area (Å²) in [6, 6.07) is 7.75. The van der Waals surface area contributed by atoms with Crippen molar-refractivity contribution in [3.63, 3.8) is 0 Å². The van der Waals surface area contributed by atoms with E-state index in [-0.39, 0.29) is 12.0 Å². The van der Waals surface area contributed by atoms with Crippen LogP contribution in [0.3, 0.4) is 0 Å². The molecule has 0 amide bonds. The standard InChI is InChI=1S/C29H34F4N2O2/c1-37-22-6-7-27-24(16-22)23(21(17-30)18-34-27)5-2-8-29(19-36)9-12-35(13-10-29)11-3-4-20-14-25(31)28(33)26(32)15-20/h6-7,14-16,18,36H,2-5,8-13,17,19H2,1H3. The van der Waals surface area contributed by atoms with Gasteiger partial charge in [-0.2, -0.15) is 0 Å². The Balaban J connectivity index is 1.31. The Labute approximate surface area is 215 Å². The Hall–Kier alpha value is -2.71. The van der Waals surface area contributed by atoms with E-state index < -0.39 is 24.1 Å². The molecule has 4 rings (SSSR count). The van der Waals surface area contributed by atoms with Crippen LogP contribution >= 0.6 is 0 Å². The van der Waals surface area contributed by atoms with E-state index in [1.165, 1.54) is 0 Å². The third-order valence-electron chi connectivity index (χ3n) is 7.79. The van der Waals surface area contributed by atoms with Gasteiger partial charge in [0.2, 0.25) is 0 Å². The molecule has 1 aliphatic rings. The van der Waals surface area contributed by atoms with Crippen LogP contribution in [0, 0.1) is 22.9 Å². The van der Waals surface area contributed by atoms with E-state index in [4.69, 9.17) is 4.74 Å². The van der Waals surface area contributed by atoms with E-state index in [1.807, 2.05) is 18.2 Å². The van der Waals surface area contributed by atoms with Gasteiger partial charge >= 0.3 is 0 Å². The number of rotatable bonds is 11. The second kappa shape index (κ2) is 12.2. The van der Waals surface area contributed by atoms with Gasteiger partial charge in [-0.25, -0.2) is 17.6 Å². The maximum Gasteiger partial charge on any atom is 0.194 e. The summed E-state index contributed by atoms with van der Waals surface area (Å²) in [7, 11) is 1.60. The largest absolute Gasteiger partial charge is 0.497 e. The van der Waals surface area contributed by atoms with Gasteiger partial charge in [-0.3, -0.25) is 4.98 Å². The first-order valence-corrected chi connectivity index (χ1v) is 12.8. The molecule has 37 heavy (non-hydrogen) atoms. The fourth-order valence-electron chi connectivity index (χ4n) is 5.44. The number of fused-ring (bicyclic) bond motifs is 1. The van der Waals surface area contributed by atoms with Crippen LogP contribution in [0.25, 0.3) is 10.9 Å². The van der Waals surface area contributed by atoms with Crippen LogP contribution < -0.4 is 4.74 Å². The van der Waals surface area contributed by atoms with Crippen molar-refractivity contribution in [2.75, 3.05) is 33.4 Å². The Bertz CT molecular complexity index is 1180. The van der Waals surface area contributed by atoms with Crippen LogP contribution in [-0.4, -0.2) is 48.3 Å². The number of halogens is 4. The van der Waals surface area contributed by atoms with Gasteiger partial charge in [0.1, 0.15) is 12.4 Å².